The molecule has 2 aromatic rings. The number of rotatable bonds is 6. The van der Waals surface area contributed by atoms with E-state index < -0.39 is 45.3 Å². The molecule has 2 fully saturated rings. The van der Waals surface area contributed by atoms with E-state index in [9.17, 15) is 24.3 Å². The molecule has 4 atom stereocenters. The van der Waals surface area contributed by atoms with Gasteiger partial charge in [0.25, 0.3) is 11.8 Å². The molecule has 4 unspecified atom stereocenters. The first kappa shape index (κ1) is 22.0. The molecule has 0 aromatic heterocycles. The van der Waals surface area contributed by atoms with Crippen LogP contribution in [0.5, 0.6) is 0 Å². The predicted molar refractivity (Wildman–Crippen MR) is 123 cm³/mol. The lowest BCUT2D eigenvalue weighted by atomic mass is 9.98. The average molecular weight is 485 g/mol. The second-order valence-corrected chi connectivity index (χ2v) is 10.7. The van der Waals surface area contributed by atoms with Crippen molar-refractivity contribution < 1.29 is 29.0 Å². The van der Waals surface area contributed by atoms with Gasteiger partial charge < -0.3 is 9.84 Å². The molecule has 3 aliphatic heterocycles. The number of esters is 1. The third-order valence-corrected chi connectivity index (χ3v) is 9.52. The van der Waals surface area contributed by atoms with Crippen molar-refractivity contribution in [3.05, 3.63) is 71.3 Å². The van der Waals surface area contributed by atoms with Crippen LogP contribution < -0.4 is 5.32 Å². The molecule has 3 heterocycles. The van der Waals surface area contributed by atoms with Crippen LogP contribution >= 0.6 is 23.5 Å². The number of carboxylic acid groups (broad SMARTS) is 1. The van der Waals surface area contributed by atoms with Gasteiger partial charge in [-0.2, -0.15) is 0 Å². The Kier molecular flexibility index (Phi) is 5.67. The summed E-state index contributed by atoms with van der Waals surface area (Å²) in [6.07, 6.45) is -0.200. The third-order valence-electron chi connectivity index (χ3n) is 5.97. The normalized spacial score (nSPS) is 28.0. The number of hydrogen-bond donors (Lipinski definition) is 2. The number of carbonyl (C=O) groups excluding carboxylic acids is 3. The number of nitrogens with zero attached hydrogens (tertiary/aromatic N) is 1. The summed E-state index contributed by atoms with van der Waals surface area (Å²) in [5.41, 5.74) is 1.50. The lowest BCUT2D eigenvalue weighted by Gasteiger charge is -2.50. The van der Waals surface area contributed by atoms with Gasteiger partial charge in [0, 0.05) is 5.75 Å². The standard InChI is InChI=1S/C23H20N2O6S2/c26-17(27)10-16-24-18(21(30)31-11-13-6-2-1-3-7-13)23(33-16)12-32-22(23)25-19(28)14-8-4-5-9-15(14)20(25)29/h1-9,16,18,22,24H,10-12H2,(H,26,27). The zero-order chi connectivity index (χ0) is 23.2. The van der Waals surface area contributed by atoms with Crippen molar-refractivity contribution >= 4 is 47.3 Å². The van der Waals surface area contributed by atoms with Crippen LogP contribution in [0.3, 0.4) is 0 Å². The summed E-state index contributed by atoms with van der Waals surface area (Å²) in [5.74, 6) is -1.85. The quantitative estimate of drug-likeness (QED) is 0.471. The number of thioether (sulfide) groups is 2. The van der Waals surface area contributed by atoms with Crippen molar-refractivity contribution in [2.45, 2.75) is 34.6 Å². The van der Waals surface area contributed by atoms with E-state index in [1.54, 1.807) is 24.3 Å². The molecule has 2 amide bonds. The van der Waals surface area contributed by atoms with E-state index in [4.69, 9.17) is 4.74 Å². The van der Waals surface area contributed by atoms with E-state index in [0.29, 0.717) is 16.9 Å². The maximum absolute atomic E-state index is 13.2. The number of benzene rings is 2. The molecule has 5 rings (SSSR count). The molecule has 2 saturated heterocycles. The number of amides is 2. The second kappa shape index (κ2) is 8.51. The smallest absolute Gasteiger partial charge is 0.325 e. The van der Waals surface area contributed by atoms with Gasteiger partial charge in [-0.05, 0) is 17.7 Å². The molecule has 8 nitrogen and oxygen atoms in total. The number of aliphatic carboxylic acids is 1. The molecular weight excluding hydrogens is 464 g/mol. The maximum atomic E-state index is 13.2. The first-order chi connectivity index (χ1) is 15.9. The Morgan fingerprint density at radius 3 is 2.27 bits per heavy atom. The highest BCUT2D eigenvalue weighted by Gasteiger charge is 2.66. The van der Waals surface area contributed by atoms with Gasteiger partial charge in [-0.1, -0.05) is 42.5 Å². The fraction of sp³-hybridized carbons (Fsp3) is 0.304. The Bertz CT molecular complexity index is 1110. The van der Waals surface area contributed by atoms with Crippen molar-refractivity contribution in [2.75, 3.05) is 5.75 Å². The highest BCUT2D eigenvalue weighted by atomic mass is 32.2. The largest absolute Gasteiger partial charge is 0.481 e. The number of nitrogens with one attached hydrogen (secondary N) is 1. The monoisotopic (exact) mass is 484 g/mol. The second-order valence-electron chi connectivity index (χ2n) is 8.04. The maximum Gasteiger partial charge on any atom is 0.325 e. The predicted octanol–water partition coefficient (Wildman–Crippen LogP) is 2.34. The Labute approximate surface area is 198 Å². The molecule has 2 aromatic carbocycles. The Morgan fingerprint density at radius 1 is 1.06 bits per heavy atom. The van der Waals surface area contributed by atoms with E-state index in [0.717, 1.165) is 5.56 Å². The fourth-order valence-electron chi connectivity index (χ4n) is 4.39. The first-order valence-corrected chi connectivity index (χ1v) is 12.3. The minimum Gasteiger partial charge on any atom is -0.481 e. The molecule has 3 aliphatic rings. The fourth-order valence-corrected chi connectivity index (χ4v) is 8.00. The highest BCUT2D eigenvalue weighted by Crippen LogP contribution is 2.57. The molecule has 10 heteroatoms. The van der Waals surface area contributed by atoms with E-state index >= 15 is 0 Å². The highest BCUT2D eigenvalue weighted by molar-refractivity contribution is 8.09. The summed E-state index contributed by atoms with van der Waals surface area (Å²) in [6, 6.07) is 15.0. The third kappa shape index (κ3) is 3.71. The van der Waals surface area contributed by atoms with Gasteiger partial charge in [-0.3, -0.25) is 29.4 Å². The summed E-state index contributed by atoms with van der Waals surface area (Å²) in [6.45, 7) is 0.0764. The number of carboxylic acids is 1. The lowest BCUT2D eigenvalue weighted by Crippen LogP contribution is -2.67. The number of ether oxygens (including phenoxy) is 1. The summed E-state index contributed by atoms with van der Waals surface area (Å²) >= 11 is 2.71. The van der Waals surface area contributed by atoms with Crippen molar-refractivity contribution in [1.82, 2.24) is 10.2 Å². The Balaban J connectivity index is 1.41. The number of imide groups is 1. The average Bonchev–Trinajstić information content (AvgIpc) is 3.31. The SMILES string of the molecule is O=C(O)CC1NC(C(=O)OCc2ccccc2)C2(CSC2N2C(=O)c3ccccc3C2=O)S1. The van der Waals surface area contributed by atoms with Crippen LogP contribution in [0.25, 0.3) is 0 Å². The molecule has 0 aliphatic carbocycles. The van der Waals surface area contributed by atoms with Gasteiger partial charge in [0.05, 0.1) is 27.7 Å². The van der Waals surface area contributed by atoms with Gasteiger partial charge in [0.2, 0.25) is 0 Å². The number of carbonyl (C=O) groups is 4. The summed E-state index contributed by atoms with van der Waals surface area (Å²) < 4.78 is 4.69. The molecule has 33 heavy (non-hydrogen) atoms. The molecule has 170 valence electrons. The van der Waals surface area contributed by atoms with Crippen LogP contribution in [0, 0.1) is 0 Å². The minimum atomic E-state index is -1.00. The summed E-state index contributed by atoms with van der Waals surface area (Å²) in [5, 5.41) is 11.2. The van der Waals surface area contributed by atoms with Gasteiger partial charge >= 0.3 is 11.9 Å². The Hall–Kier alpha value is -2.82. The molecular formula is C23H20N2O6S2. The van der Waals surface area contributed by atoms with E-state index in [2.05, 4.69) is 5.32 Å². The van der Waals surface area contributed by atoms with Crippen LogP contribution in [-0.2, 0) is 20.9 Å². The van der Waals surface area contributed by atoms with Crippen molar-refractivity contribution in [2.24, 2.45) is 0 Å². The van der Waals surface area contributed by atoms with Gasteiger partial charge in [-0.25, -0.2) is 0 Å². The number of fused-ring (bicyclic) bond motifs is 1. The van der Waals surface area contributed by atoms with Gasteiger partial charge in [0.1, 0.15) is 18.0 Å². The molecule has 0 bridgehead atoms. The van der Waals surface area contributed by atoms with Crippen molar-refractivity contribution in [1.29, 1.82) is 0 Å². The summed E-state index contributed by atoms with van der Waals surface area (Å²) in [4.78, 5) is 51.9. The molecule has 0 saturated carbocycles. The van der Waals surface area contributed by atoms with Crippen LogP contribution in [0.2, 0.25) is 0 Å². The van der Waals surface area contributed by atoms with E-state index in [-0.39, 0.29) is 13.0 Å². The van der Waals surface area contributed by atoms with Crippen molar-refractivity contribution in [3.8, 4) is 0 Å². The minimum absolute atomic E-state index is 0.0764. The van der Waals surface area contributed by atoms with E-state index in [1.807, 2.05) is 30.3 Å². The van der Waals surface area contributed by atoms with Crippen LogP contribution in [0.15, 0.2) is 54.6 Å². The first-order valence-electron chi connectivity index (χ1n) is 10.4. The van der Waals surface area contributed by atoms with Gasteiger partial charge in [-0.15, -0.1) is 23.5 Å². The van der Waals surface area contributed by atoms with Crippen LogP contribution in [-0.4, -0.2) is 61.0 Å². The van der Waals surface area contributed by atoms with E-state index in [1.165, 1.54) is 28.4 Å². The van der Waals surface area contributed by atoms with Crippen LogP contribution in [0.1, 0.15) is 32.7 Å². The number of hydrogen-bond acceptors (Lipinski definition) is 8. The molecule has 1 spiro atoms. The molecule has 2 N–H and O–H groups in total. The zero-order valence-corrected chi connectivity index (χ0v) is 18.9. The topological polar surface area (TPSA) is 113 Å². The van der Waals surface area contributed by atoms with Crippen LogP contribution in [0.4, 0.5) is 0 Å². The van der Waals surface area contributed by atoms with Crippen molar-refractivity contribution in [3.63, 3.8) is 0 Å². The Morgan fingerprint density at radius 2 is 1.70 bits per heavy atom. The summed E-state index contributed by atoms with van der Waals surface area (Å²) in [7, 11) is 0. The lowest BCUT2D eigenvalue weighted by molar-refractivity contribution is -0.148. The zero-order valence-electron chi connectivity index (χ0n) is 17.3. The molecule has 0 radical (unpaired) electrons. The van der Waals surface area contributed by atoms with Gasteiger partial charge in [0.15, 0.2) is 0 Å².